The molecule has 1 aromatic rings. The van der Waals surface area contributed by atoms with Gasteiger partial charge >= 0.3 is 5.97 Å². The van der Waals surface area contributed by atoms with Gasteiger partial charge in [-0.2, -0.15) is 5.10 Å². The Kier molecular flexibility index (Phi) is 3.78. The molecule has 1 atom stereocenters. The molecular formula is C12H19N3O2. The van der Waals surface area contributed by atoms with E-state index in [1.54, 1.807) is 10.9 Å². The van der Waals surface area contributed by atoms with E-state index in [1.807, 2.05) is 13.2 Å². The highest BCUT2D eigenvalue weighted by atomic mass is 16.4. The second-order valence-electron chi connectivity index (χ2n) is 4.66. The summed E-state index contributed by atoms with van der Waals surface area (Å²) >= 11 is 0. The largest absolute Gasteiger partial charge is 0.481 e. The van der Waals surface area contributed by atoms with Gasteiger partial charge in [0, 0.05) is 24.8 Å². The van der Waals surface area contributed by atoms with Crippen molar-refractivity contribution in [3.05, 3.63) is 18.0 Å². The van der Waals surface area contributed by atoms with Gasteiger partial charge in [0.05, 0.1) is 12.6 Å². The number of hydrogen-bond donors (Lipinski definition) is 1. The van der Waals surface area contributed by atoms with Gasteiger partial charge in [0.2, 0.25) is 0 Å². The molecule has 17 heavy (non-hydrogen) atoms. The van der Waals surface area contributed by atoms with Crippen LogP contribution in [0.15, 0.2) is 12.4 Å². The van der Waals surface area contributed by atoms with Crippen LogP contribution in [0, 0.1) is 0 Å². The maximum absolute atomic E-state index is 11.0. The van der Waals surface area contributed by atoms with Crippen LogP contribution < -0.4 is 0 Å². The molecule has 1 fully saturated rings. The topological polar surface area (TPSA) is 58.4 Å². The lowest BCUT2D eigenvalue weighted by Crippen LogP contribution is -2.34. The third-order valence-corrected chi connectivity index (χ3v) is 3.31. The maximum Gasteiger partial charge on any atom is 0.305 e. The van der Waals surface area contributed by atoms with E-state index in [0.29, 0.717) is 0 Å². The molecule has 1 unspecified atom stereocenters. The molecule has 5 heteroatoms. The number of aryl methyl sites for hydroxylation is 1. The van der Waals surface area contributed by atoms with Crippen molar-refractivity contribution in [2.75, 3.05) is 13.1 Å². The van der Waals surface area contributed by atoms with Crippen LogP contribution in [0.25, 0.3) is 0 Å². The van der Waals surface area contributed by atoms with Crippen molar-refractivity contribution >= 4 is 5.97 Å². The standard InChI is InChI=1S/C12H19N3O2/c1-14-9-10(8-13-14)11(7-12(16)17)15-5-3-2-4-6-15/h8-9,11H,2-7H2,1H3,(H,16,17). The van der Waals surface area contributed by atoms with Crippen LogP contribution in [-0.4, -0.2) is 38.8 Å². The summed E-state index contributed by atoms with van der Waals surface area (Å²) in [5, 5.41) is 13.2. The number of carbonyl (C=O) groups is 1. The number of nitrogens with zero attached hydrogens (tertiary/aromatic N) is 3. The van der Waals surface area contributed by atoms with E-state index in [4.69, 9.17) is 5.11 Å². The molecule has 0 bridgehead atoms. The molecule has 1 aliphatic rings. The van der Waals surface area contributed by atoms with Gasteiger partial charge < -0.3 is 5.11 Å². The SMILES string of the molecule is Cn1cc(C(CC(=O)O)N2CCCCC2)cn1. The predicted molar refractivity (Wildman–Crippen MR) is 63.6 cm³/mol. The second-order valence-corrected chi connectivity index (χ2v) is 4.66. The number of piperidine rings is 1. The number of hydrogen-bond acceptors (Lipinski definition) is 3. The van der Waals surface area contributed by atoms with Gasteiger partial charge in [-0.3, -0.25) is 14.4 Å². The van der Waals surface area contributed by atoms with Crippen molar-refractivity contribution in [3.63, 3.8) is 0 Å². The minimum Gasteiger partial charge on any atom is -0.481 e. The first-order valence-electron chi connectivity index (χ1n) is 6.11. The van der Waals surface area contributed by atoms with Crippen LogP contribution in [0.1, 0.15) is 37.3 Å². The number of aliphatic carboxylic acids is 1. The summed E-state index contributed by atoms with van der Waals surface area (Å²) in [4.78, 5) is 13.3. The molecule has 1 aliphatic heterocycles. The van der Waals surface area contributed by atoms with E-state index in [1.165, 1.54) is 6.42 Å². The minimum absolute atomic E-state index is 0.0264. The summed E-state index contributed by atoms with van der Waals surface area (Å²) in [6.45, 7) is 1.99. The number of aromatic nitrogens is 2. The van der Waals surface area contributed by atoms with Gasteiger partial charge in [0.15, 0.2) is 0 Å². The Balaban J connectivity index is 2.14. The molecule has 0 saturated carbocycles. The second kappa shape index (κ2) is 5.31. The average molecular weight is 237 g/mol. The van der Waals surface area contributed by atoms with Crippen molar-refractivity contribution in [1.82, 2.24) is 14.7 Å². The van der Waals surface area contributed by atoms with E-state index in [0.717, 1.165) is 31.5 Å². The van der Waals surface area contributed by atoms with Gasteiger partial charge in [0.25, 0.3) is 0 Å². The molecule has 1 saturated heterocycles. The zero-order chi connectivity index (χ0) is 12.3. The van der Waals surface area contributed by atoms with Gasteiger partial charge in [0.1, 0.15) is 0 Å². The lowest BCUT2D eigenvalue weighted by atomic mass is 10.0. The summed E-state index contributed by atoms with van der Waals surface area (Å²) in [5.74, 6) is -0.746. The van der Waals surface area contributed by atoms with E-state index in [2.05, 4.69) is 10.00 Å². The molecule has 0 aromatic carbocycles. The van der Waals surface area contributed by atoms with Crippen molar-refractivity contribution in [1.29, 1.82) is 0 Å². The Morgan fingerprint density at radius 3 is 2.71 bits per heavy atom. The number of carboxylic acid groups (broad SMARTS) is 1. The fraction of sp³-hybridized carbons (Fsp3) is 0.667. The highest BCUT2D eigenvalue weighted by Gasteiger charge is 2.25. The Hall–Kier alpha value is -1.36. The lowest BCUT2D eigenvalue weighted by Gasteiger charge is -2.33. The van der Waals surface area contributed by atoms with Gasteiger partial charge in [-0.25, -0.2) is 0 Å². The summed E-state index contributed by atoms with van der Waals surface area (Å²) in [6.07, 6.45) is 7.44. The minimum atomic E-state index is -0.746. The Morgan fingerprint density at radius 1 is 1.47 bits per heavy atom. The van der Waals surface area contributed by atoms with Crippen molar-refractivity contribution in [2.45, 2.75) is 31.7 Å². The number of rotatable bonds is 4. The van der Waals surface area contributed by atoms with E-state index in [9.17, 15) is 4.79 Å². The molecule has 0 spiro atoms. The summed E-state index contributed by atoms with van der Waals surface area (Å²) in [7, 11) is 1.86. The van der Waals surface area contributed by atoms with Crippen molar-refractivity contribution in [3.8, 4) is 0 Å². The fourth-order valence-electron chi connectivity index (χ4n) is 2.47. The molecule has 94 valence electrons. The van der Waals surface area contributed by atoms with Crippen LogP contribution >= 0.6 is 0 Å². The number of likely N-dealkylation sites (tertiary alicyclic amines) is 1. The molecular weight excluding hydrogens is 218 g/mol. The molecule has 2 rings (SSSR count). The summed E-state index contributed by atoms with van der Waals surface area (Å²) in [5.41, 5.74) is 1.01. The molecule has 1 aromatic heterocycles. The lowest BCUT2D eigenvalue weighted by molar-refractivity contribution is -0.138. The predicted octanol–water partition coefficient (Wildman–Crippen LogP) is 1.42. The number of carboxylic acids is 1. The first kappa shape index (κ1) is 12.1. The van der Waals surface area contributed by atoms with Crippen molar-refractivity contribution < 1.29 is 9.90 Å². The van der Waals surface area contributed by atoms with Crippen LogP contribution in [0.2, 0.25) is 0 Å². The molecule has 5 nitrogen and oxygen atoms in total. The molecule has 2 heterocycles. The zero-order valence-electron chi connectivity index (χ0n) is 10.2. The molecule has 0 aliphatic carbocycles. The highest BCUT2D eigenvalue weighted by molar-refractivity contribution is 5.67. The normalized spacial score (nSPS) is 19.1. The summed E-state index contributed by atoms with van der Waals surface area (Å²) in [6, 6.07) is -0.0264. The Morgan fingerprint density at radius 2 is 2.18 bits per heavy atom. The van der Waals surface area contributed by atoms with E-state index < -0.39 is 5.97 Å². The zero-order valence-corrected chi connectivity index (χ0v) is 10.2. The van der Waals surface area contributed by atoms with Crippen LogP contribution in [0.3, 0.4) is 0 Å². The fourth-order valence-corrected chi connectivity index (χ4v) is 2.47. The Labute approximate surface area is 101 Å². The quantitative estimate of drug-likeness (QED) is 0.860. The van der Waals surface area contributed by atoms with Gasteiger partial charge in [-0.05, 0) is 25.9 Å². The molecule has 0 radical (unpaired) electrons. The van der Waals surface area contributed by atoms with Crippen LogP contribution in [-0.2, 0) is 11.8 Å². The van der Waals surface area contributed by atoms with Gasteiger partial charge in [-0.15, -0.1) is 0 Å². The third-order valence-electron chi connectivity index (χ3n) is 3.31. The third kappa shape index (κ3) is 3.06. The van der Waals surface area contributed by atoms with E-state index >= 15 is 0 Å². The average Bonchev–Trinajstić information content (AvgIpc) is 2.73. The highest BCUT2D eigenvalue weighted by Crippen LogP contribution is 2.27. The van der Waals surface area contributed by atoms with Crippen LogP contribution in [0.4, 0.5) is 0 Å². The van der Waals surface area contributed by atoms with Crippen molar-refractivity contribution in [2.24, 2.45) is 7.05 Å². The van der Waals surface area contributed by atoms with Gasteiger partial charge in [-0.1, -0.05) is 6.42 Å². The Bertz CT molecular complexity index is 383. The monoisotopic (exact) mass is 237 g/mol. The molecule has 1 N–H and O–H groups in total. The molecule has 0 amide bonds. The van der Waals surface area contributed by atoms with Crippen LogP contribution in [0.5, 0.6) is 0 Å². The first-order valence-corrected chi connectivity index (χ1v) is 6.11. The first-order chi connectivity index (χ1) is 8.16. The smallest absolute Gasteiger partial charge is 0.305 e. The summed E-state index contributed by atoms with van der Waals surface area (Å²) < 4.78 is 1.73. The van der Waals surface area contributed by atoms with E-state index in [-0.39, 0.29) is 12.5 Å². The maximum atomic E-state index is 11.0.